The zero-order valence-corrected chi connectivity index (χ0v) is 11.3. The smallest absolute Gasteiger partial charge is 0.223 e. The summed E-state index contributed by atoms with van der Waals surface area (Å²) in [5.74, 6) is 0.162. The molecular weight excluding hydrogens is 226 g/mol. The lowest BCUT2D eigenvalue weighted by atomic mass is 9.90. The fourth-order valence-electron chi connectivity index (χ4n) is 2.49. The summed E-state index contributed by atoms with van der Waals surface area (Å²) in [4.78, 5) is 13.9. The lowest BCUT2D eigenvalue weighted by Crippen LogP contribution is -2.34. The normalized spacial score (nSPS) is 22.3. The third-order valence-corrected chi connectivity index (χ3v) is 3.91. The Morgan fingerprint density at radius 3 is 2.44 bits per heavy atom. The molecule has 1 saturated heterocycles. The second-order valence-electron chi connectivity index (χ2n) is 5.69. The quantitative estimate of drug-likeness (QED) is 0.890. The van der Waals surface area contributed by atoms with Gasteiger partial charge in [0.2, 0.25) is 5.91 Å². The maximum atomic E-state index is 12.1. The first-order valence-electron chi connectivity index (χ1n) is 6.46. The number of nitrogens with zero attached hydrogens (tertiary/aromatic N) is 1. The third kappa shape index (κ3) is 2.56. The van der Waals surface area contributed by atoms with Gasteiger partial charge in [-0.3, -0.25) is 4.79 Å². The summed E-state index contributed by atoms with van der Waals surface area (Å²) in [6.07, 6.45) is 0.445. The molecule has 0 bridgehead atoms. The summed E-state index contributed by atoms with van der Waals surface area (Å²) in [5.41, 5.74) is 0.350. The van der Waals surface area contributed by atoms with Crippen LogP contribution in [-0.4, -0.2) is 28.1 Å². The van der Waals surface area contributed by atoms with Gasteiger partial charge in [0.1, 0.15) is 0 Å². The van der Waals surface area contributed by atoms with Gasteiger partial charge in [-0.05, 0) is 26.3 Å². The van der Waals surface area contributed by atoms with Crippen molar-refractivity contribution >= 4 is 5.91 Å². The van der Waals surface area contributed by atoms with E-state index in [0.717, 1.165) is 5.56 Å². The summed E-state index contributed by atoms with van der Waals surface area (Å²) in [5, 5.41) is 10.0. The average molecular weight is 247 g/mol. The molecule has 1 unspecified atom stereocenters. The second kappa shape index (κ2) is 4.73. The standard InChI is InChI=1S/C15H21NO2/c1-11(12-7-5-4-6-8-12)16-10-13(9-14(16)17)15(2,3)18/h4-8,11,13,18H,9-10H2,1-3H3/t11-,13?/m1/s1. The van der Waals surface area contributed by atoms with Crippen LogP contribution in [0.4, 0.5) is 0 Å². The van der Waals surface area contributed by atoms with Crippen molar-refractivity contribution < 1.29 is 9.90 Å². The summed E-state index contributed by atoms with van der Waals surface area (Å²) < 4.78 is 0. The maximum absolute atomic E-state index is 12.1. The maximum Gasteiger partial charge on any atom is 0.223 e. The molecular formula is C15H21NO2. The highest BCUT2D eigenvalue weighted by molar-refractivity contribution is 5.79. The summed E-state index contributed by atoms with van der Waals surface area (Å²) in [6.45, 7) is 6.24. The van der Waals surface area contributed by atoms with Crippen molar-refractivity contribution in [3.05, 3.63) is 35.9 Å². The van der Waals surface area contributed by atoms with Gasteiger partial charge in [0.05, 0.1) is 11.6 Å². The van der Waals surface area contributed by atoms with Gasteiger partial charge >= 0.3 is 0 Å². The molecule has 2 atom stereocenters. The van der Waals surface area contributed by atoms with E-state index in [1.807, 2.05) is 42.2 Å². The zero-order chi connectivity index (χ0) is 13.3. The number of amides is 1. The van der Waals surface area contributed by atoms with E-state index in [1.165, 1.54) is 0 Å². The molecule has 1 aliphatic heterocycles. The van der Waals surface area contributed by atoms with Gasteiger partial charge in [-0.15, -0.1) is 0 Å². The third-order valence-electron chi connectivity index (χ3n) is 3.91. The van der Waals surface area contributed by atoms with Crippen LogP contribution in [0.5, 0.6) is 0 Å². The van der Waals surface area contributed by atoms with Crippen molar-refractivity contribution in [1.29, 1.82) is 0 Å². The largest absolute Gasteiger partial charge is 0.390 e. The second-order valence-corrected chi connectivity index (χ2v) is 5.69. The number of carbonyl (C=O) groups is 1. The molecule has 0 saturated carbocycles. The van der Waals surface area contributed by atoms with Crippen LogP contribution in [0.15, 0.2) is 30.3 Å². The zero-order valence-electron chi connectivity index (χ0n) is 11.3. The molecule has 0 aromatic heterocycles. The van der Waals surface area contributed by atoms with Crippen LogP contribution in [0.1, 0.15) is 38.8 Å². The molecule has 1 aromatic rings. The fourth-order valence-corrected chi connectivity index (χ4v) is 2.49. The van der Waals surface area contributed by atoms with Crippen LogP contribution in [0.25, 0.3) is 0 Å². The fraction of sp³-hybridized carbons (Fsp3) is 0.533. The molecule has 18 heavy (non-hydrogen) atoms. The van der Waals surface area contributed by atoms with E-state index in [9.17, 15) is 9.90 Å². The van der Waals surface area contributed by atoms with Crippen molar-refractivity contribution in [2.75, 3.05) is 6.54 Å². The predicted octanol–water partition coefficient (Wildman–Crippen LogP) is 2.37. The highest BCUT2D eigenvalue weighted by atomic mass is 16.3. The van der Waals surface area contributed by atoms with E-state index in [2.05, 4.69) is 0 Å². The number of rotatable bonds is 3. The van der Waals surface area contributed by atoms with Crippen molar-refractivity contribution in [3.8, 4) is 0 Å². The highest BCUT2D eigenvalue weighted by Gasteiger charge is 2.40. The minimum Gasteiger partial charge on any atom is -0.390 e. The summed E-state index contributed by atoms with van der Waals surface area (Å²) in [7, 11) is 0. The molecule has 3 nitrogen and oxygen atoms in total. The first kappa shape index (κ1) is 13.1. The van der Waals surface area contributed by atoms with Crippen molar-refractivity contribution in [2.45, 2.75) is 38.8 Å². The van der Waals surface area contributed by atoms with E-state index >= 15 is 0 Å². The monoisotopic (exact) mass is 247 g/mol. The number of hydrogen-bond acceptors (Lipinski definition) is 2. The highest BCUT2D eigenvalue weighted by Crippen LogP contribution is 2.33. The van der Waals surface area contributed by atoms with Gasteiger partial charge < -0.3 is 10.0 Å². The van der Waals surface area contributed by atoms with Gasteiger partial charge in [-0.2, -0.15) is 0 Å². The van der Waals surface area contributed by atoms with E-state index < -0.39 is 5.60 Å². The van der Waals surface area contributed by atoms with Crippen LogP contribution in [0.2, 0.25) is 0 Å². The SMILES string of the molecule is C[C@H](c1ccccc1)N1CC(C(C)(C)O)CC1=O. The number of benzene rings is 1. The lowest BCUT2D eigenvalue weighted by Gasteiger charge is -2.28. The minimum absolute atomic E-state index is 0.0242. The van der Waals surface area contributed by atoms with E-state index in [1.54, 1.807) is 13.8 Å². The van der Waals surface area contributed by atoms with Gasteiger partial charge in [0.25, 0.3) is 0 Å². The van der Waals surface area contributed by atoms with Crippen molar-refractivity contribution in [3.63, 3.8) is 0 Å². The molecule has 1 amide bonds. The Balaban J connectivity index is 2.13. The van der Waals surface area contributed by atoms with Crippen LogP contribution in [0, 0.1) is 5.92 Å². The Morgan fingerprint density at radius 1 is 1.33 bits per heavy atom. The summed E-state index contributed by atoms with van der Waals surface area (Å²) in [6, 6.07) is 10.1. The van der Waals surface area contributed by atoms with E-state index in [4.69, 9.17) is 0 Å². The Morgan fingerprint density at radius 2 is 1.94 bits per heavy atom. The lowest BCUT2D eigenvalue weighted by molar-refractivity contribution is -0.129. The summed E-state index contributed by atoms with van der Waals surface area (Å²) >= 11 is 0. The first-order valence-corrected chi connectivity index (χ1v) is 6.46. The van der Waals surface area contributed by atoms with E-state index in [0.29, 0.717) is 13.0 Å². The van der Waals surface area contributed by atoms with Gasteiger partial charge in [-0.25, -0.2) is 0 Å². The van der Waals surface area contributed by atoms with Crippen LogP contribution in [-0.2, 0) is 4.79 Å². The van der Waals surface area contributed by atoms with Crippen molar-refractivity contribution in [1.82, 2.24) is 4.90 Å². The predicted molar refractivity (Wildman–Crippen MR) is 71.0 cm³/mol. The molecule has 1 aromatic carbocycles. The number of likely N-dealkylation sites (tertiary alicyclic amines) is 1. The number of carbonyl (C=O) groups excluding carboxylic acids is 1. The number of aliphatic hydroxyl groups is 1. The Bertz CT molecular complexity index is 422. The van der Waals surface area contributed by atoms with Crippen LogP contribution < -0.4 is 0 Å². The first-order chi connectivity index (χ1) is 8.39. The molecule has 3 heteroatoms. The molecule has 1 heterocycles. The van der Waals surface area contributed by atoms with Gasteiger partial charge in [-0.1, -0.05) is 30.3 Å². The Hall–Kier alpha value is -1.35. The van der Waals surface area contributed by atoms with Crippen LogP contribution in [0.3, 0.4) is 0 Å². The molecule has 0 spiro atoms. The average Bonchev–Trinajstić information content (AvgIpc) is 2.71. The molecule has 98 valence electrons. The molecule has 1 fully saturated rings. The molecule has 2 rings (SSSR count). The van der Waals surface area contributed by atoms with Crippen LogP contribution >= 0.6 is 0 Å². The molecule has 1 aliphatic rings. The molecule has 1 N–H and O–H groups in total. The Labute approximate surface area is 108 Å². The number of hydrogen-bond donors (Lipinski definition) is 1. The van der Waals surface area contributed by atoms with Crippen molar-refractivity contribution in [2.24, 2.45) is 5.92 Å². The topological polar surface area (TPSA) is 40.5 Å². The minimum atomic E-state index is -0.791. The Kier molecular flexibility index (Phi) is 3.44. The van der Waals surface area contributed by atoms with Gasteiger partial charge in [0.15, 0.2) is 0 Å². The van der Waals surface area contributed by atoms with E-state index in [-0.39, 0.29) is 17.9 Å². The molecule has 0 radical (unpaired) electrons. The molecule has 0 aliphatic carbocycles. The van der Waals surface area contributed by atoms with Gasteiger partial charge in [0, 0.05) is 18.9 Å².